The van der Waals surface area contributed by atoms with Gasteiger partial charge in [0, 0.05) is 33.7 Å². The summed E-state index contributed by atoms with van der Waals surface area (Å²) < 4.78 is 49.8. The predicted molar refractivity (Wildman–Crippen MR) is 123 cm³/mol. The summed E-state index contributed by atoms with van der Waals surface area (Å²) in [4.78, 5) is 17.5. The molecule has 5 rings (SSSR count). The molecule has 6 nitrogen and oxygen atoms in total. The maximum Gasteiger partial charge on any atom is 0.432 e. The van der Waals surface area contributed by atoms with Crippen molar-refractivity contribution >= 4 is 39.9 Å². The second-order valence-corrected chi connectivity index (χ2v) is 8.42. The fourth-order valence-electron chi connectivity index (χ4n) is 3.80. The van der Waals surface area contributed by atoms with Crippen molar-refractivity contribution in [2.24, 2.45) is 0 Å². The average Bonchev–Trinajstić information content (AvgIpc) is 3.44. The molecule has 0 saturated carbocycles. The molecule has 0 aliphatic carbocycles. The van der Waals surface area contributed by atoms with Crippen molar-refractivity contribution in [2.45, 2.75) is 12.7 Å². The zero-order chi connectivity index (χ0) is 24.7. The molecule has 0 atom stereocenters. The molecule has 3 heterocycles. The van der Waals surface area contributed by atoms with Crippen molar-refractivity contribution in [3.8, 4) is 11.6 Å². The van der Waals surface area contributed by atoms with Gasteiger partial charge in [-0.05, 0) is 48.0 Å². The van der Waals surface area contributed by atoms with Crippen LogP contribution in [0.5, 0.6) is 0 Å². The number of hydrogen-bond donors (Lipinski definition) is 0. The monoisotopic (exact) mass is 516 g/mol. The smallest absolute Gasteiger partial charge is 0.412 e. The van der Waals surface area contributed by atoms with E-state index in [-0.39, 0.29) is 34.1 Å². The summed E-state index contributed by atoms with van der Waals surface area (Å²) in [6.07, 6.45) is -3.40. The molecule has 0 saturated heterocycles. The zero-order valence-electron chi connectivity index (χ0n) is 17.6. The number of ketones is 1. The van der Waals surface area contributed by atoms with Gasteiger partial charge in [0.1, 0.15) is 11.4 Å². The Kier molecular flexibility index (Phi) is 5.82. The molecule has 35 heavy (non-hydrogen) atoms. The van der Waals surface area contributed by atoms with Gasteiger partial charge in [-0.25, -0.2) is 0 Å². The maximum absolute atomic E-state index is 14.5. The number of carbonyl (C=O) groups is 1. The number of pyridine rings is 1. The van der Waals surface area contributed by atoms with Gasteiger partial charge >= 0.3 is 6.18 Å². The van der Waals surface area contributed by atoms with E-state index in [9.17, 15) is 18.0 Å². The molecule has 0 bridgehead atoms. The van der Waals surface area contributed by atoms with Crippen molar-refractivity contribution in [1.82, 2.24) is 19.7 Å². The van der Waals surface area contributed by atoms with Crippen LogP contribution in [0.25, 0.3) is 22.5 Å². The number of aromatic nitrogens is 4. The molecule has 0 spiro atoms. The third-order valence-corrected chi connectivity index (χ3v) is 5.77. The van der Waals surface area contributed by atoms with E-state index in [2.05, 4.69) is 15.2 Å². The van der Waals surface area contributed by atoms with Gasteiger partial charge < -0.3 is 8.98 Å². The second-order valence-electron chi connectivity index (χ2n) is 7.55. The van der Waals surface area contributed by atoms with Crippen LogP contribution in [0.15, 0.2) is 71.3 Å². The average molecular weight is 517 g/mol. The highest BCUT2D eigenvalue weighted by atomic mass is 35.5. The Morgan fingerprint density at radius 3 is 2.40 bits per heavy atom. The van der Waals surface area contributed by atoms with Crippen molar-refractivity contribution in [2.75, 3.05) is 0 Å². The van der Waals surface area contributed by atoms with Crippen LogP contribution < -0.4 is 0 Å². The molecule has 0 N–H and O–H groups in total. The van der Waals surface area contributed by atoms with E-state index in [1.54, 1.807) is 42.5 Å². The van der Waals surface area contributed by atoms with E-state index in [1.165, 1.54) is 24.4 Å². The quantitative estimate of drug-likeness (QED) is 0.243. The highest BCUT2D eigenvalue weighted by Crippen LogP contribution is 2.40. The van der Waals surface area contributed by atoms with E-state index in [4.69, 9.17) is 27.6 Å². The lowest BCUT2D eigenvalue weighted by Gasteiger charge is -2.14. The Bertz CT molecular complexity index is 1550. The minimum atomic E-state index is -4.88. The summed E-state index contributed by atoms with van der Waals surface area (Å²) in [5.41, 5.74) is -0.763. The first-order chi connectivity index (χ1) is 16.7. The minimum Gasteiger partial charge on any atom is -0.412 e. The van der Waals surface area contributed by atoms with Crippen LogP contribution in [-0.2, 0) is 12.7 Å². The summed E-state index contributed by atoms with van der Waals surface area (Å²) in [5, 5.41) is 8.11. The van der Waals surface area contributed by atoms with Crippen molar-refractivity contribution in [3.05, 3.63) is 99.6 Å². The third kappa shape index (κ3) is 4.40. The molecule has 0 aliphatic heterocycles. The lowest BCUT2D eigenvalue weighted by atomic mass is 10.1. The predicted octanol–water partition coefficient (Wildman–Crippen LogP) is 6.69. The van der Waals surface area contributed by atoms with Crippen LogP contribution in [-0.4, -0.2) is 25.5 Å². The van der Waals surface area contributed by atoms with Crippen LogP contribution in [0.1, 0.15) is 27.5 Å². The standard InChI is InChI=1S/C24H13Cl2F3N4O2/c25-14-6-4-13(5-7-14)12-33-18-9-8-15(26)11-16(18)19(21(33)24(27,28)29)20(34)23-32-31-22(35-23)17-3-1-2-10-30-17/h1-11H,12H2. The van der Waals surface area contributed by atoms with Gasteiger partial charge in [-0.2, -0.15) is 13.2 Å². The molecule has 5 aromatic rings. The normalized spacial score (nSPS) is 11.8. The number of halogens is 5. The molecular weight excluding hydrogens is 504 g/mol. The Balaban J connectivity index is 1.70. The van der Waals surface area contributed by atoms with E-state index in [1.807, 2.05) is 0 Å². The molecule has 0 radical (unpaired) electrons. The van der Waals surface area contributed by atoms with E-state index < -0.39 is 29.1 Å². The van der Waals surface area contributed by atoms with Crippen molar-refractivity contribution < 1.29 is 22.4 Å². The number of carbonyl (C=O) groups excluding carboxylic acids is 1. The zero-order valence-corrected chi connectivity index (χ0v) is 19.1. The Morgan fingerprint density at radius 1 is 0.971 bits per heavy atom. The lowest BCUT2D eigenvalue weighted by Crippen LogP contribution is -2.19. The van der Waals surface area contributed by atoms with Crippen LogP contribution in [0, 0.1) is 0 Å². The lowest BCUT2D eigenvalue weighted by molar-refractivity contribution is -0.143. The fraction of sp³-hybridized carbons (Fsp3) is 0.0833. The molecule has 176 valence electrons. The summed E-state index contributed by atoms with van der Waals surface area (Å²) >= 11 is 12.0. The number of alkyl halides is 3. The molecule has 2 aromatic carbocycles. The number of hydrogen-bond acceptors (Lipinski definition) is 5. The first-order valence-corrected chi connectivity index (χ1v) is 10.9. The van der Waals surface area contributed by atoms with Gasteiger partial charge in [0.25, 0.3) is 17.6 Å². The SMILES string of the molecule is O=C(c1nnc(-c2ccccn2)o1)c1c(C(F)(F)F)n(Cc2ccc(Cl)cc2)c2ccc(Cl)cc12. The molecule has 0 unspecified atom stereocenters. The number of rotatable bonds is 5. The van der Waals surface area contributed by atoms with Gasteiger partial charge in [-0.1, -0.05) is 41.4 Å². The summed E-state index contributed by atoms with van der Waals surface area (Å²) in [5.74, 6) is -1.76. The Labute approximate surface area is 205 Å². The van der Waals surface area contributed by atoms with Crippen molar-refractivity contribution in [3.63, 3.8) is 0 Å². The van der Waals surface area contributed by atoms with Crippen LogP contribution >= 0.6 is 23.2 Å². The molecule has 3 aromatic heterocycles. The summed E-state index contributed by atoms with van der Waals surface area (Å²) in [7, 11) is 0. The van der Waals surface area contributed by atoms with Crippen molar-refractivity contribution in [1.29, 1.82) is 0 Å². The fourth-order valence-corrected chi connectivity index (χ4v) is 4.10. The third-order valence-electron chi connectivity index (χ3n) is 5.28. The highest BCUT2D eigenvalue weighted by molar-refractivity contribution is 6.32. The van der Waals surface area contributed by atoms with Gasteiger partial charge in [0.15, 0.2) is 0 Å². The minimum absolute atomic E-state index is 0.0152. The molecular formula is C24H13Cl2F3N4O2. The Morgan fingerprint density at radius 2 is 1.71 bits per heavy atom. The maximum atomic E-state index is 14.5. The van der Waals surface area contributed by atoms with Gasteiger partial charge in [-0.3, -0.25) is 9.78 Å². The highest BCUT2D eigenvalue weighted by Gasteiger charge is 2.42. The summed E-state index contributed by atoms with van der Waals surface area (Å²) in [6.45, 7) is -0.166. The van der Waals surface area contributed by atoms with E-state index in [0.29, 0.717) is 10.6 Å². The number of benzene rings is 2. The number of fused-ring (bicyclic) bond motifs is 1. The molecule has 0 fully saturated rings. The molecule has 11 heteroatoms. The van der Waals surface area contributed by atoms with Gasteiger partial charge in [0.2, 0.25) is 0 Å². The summed E-state index contributed by atoms with van der Waals surface area (Å²) in [6, 6.07) is 15.5. The van der Waals surface area contributed by atoms with E-state index in [0.717, 1.165) is 4.57 Å². The topological polar surface area (TPSA) is 73.8 Å². The van der Waals surface area contributed by atoms with Crippen LogP contribution in [0.3, 0.4) is 0 Å². The Hall–Kier alpha value is -3.69. The first kappa shape index (κ1) is 23.1. The van der Waals surface area contributed by atoms with Gasteiger partial charge in [-0.15, -0.1) is 10.2 Å². The van der Waals surface area contributed by atoms with Crippen LogP contribution in [0.2, 0.25) is 10.0 Å². The number of nitrogens with zero attached hydrogens (tertiary/aromatic N) is 4. The van der Waals surface area contributed by atoms with Crippen LogP contribution in [0.4, 0.5) is 13.2 Å². The van der Waals surface area contributed by atoms with Gasteiger partial charge in [0.05, 0.1) is 5.56 Å². The molecule has 0 amide bonds. The van der Waals surface area contributed by atoms with E-state index >= 15 is 0 Å². The largest absolute Gasteiger partial charge is 0.432 e. The first-order valence-electron chi connectivity index (χ1n) is 10.2. The molecule has 0 aliphatic rings. The second kappa shape index (κ2) is 8.83.